The van der Waals surface area contributed by atoms with Gasteiger partial charge in [0.05, 0.1) is 6.19 Å². The van der Waals surface area contributed by atoms with E-state index >= 15 is 0 Å². The van der Waals surface area contributed by atoms with Gasteiger partial charge in [-0.25, -0.2) is 0 Å². The topological polar surface area (TPSA) is 4.93 Å². The second-order valence-electron chi connectivity index (χ2n) is 5.15. The van der Waals surface area contributed by atoms with E-state index < -0.39 is 6.19 Å². The molecule has 0 saturated carbocycles. The number of rotatable bonds is 2. The van der Waals surface area contributed by atoms with Crippen molar-refractivity contribution in [2.75, 3.05) is 0 Å². The predicted octanol–water partition coefficient (Wildman–Crippen LogP) is 3.85. The summed E-state index contributed by atoms with van der Waals surface area (Å²) in [5, 5.41) is 1.35. The Hall–Kier alpha value is -0.850. The largest absolute Gasteiger partial charge is 0.322 e. The summed E-state index contributed by atoms with van der Waals surface area (Å²) in [5.74, 6) is 0. The summed E-state index contributed by atoms with van der Waals surface area (Å²) < 4.78 is 2.23. The van der Waals surface area contributed by atoms with Gasteiger partial charge in [0, 0.05) is 22.9 Å². The zero-order valence-electron chi connectivity index (χ0n) is 10.5. The molecule has 0 aliphatic heterocycles. The van der Waals surface area contributed by atoms with Crippen LogP contribution in [-0.4, -0.2) is 9.49 Å². The van der Waals surface area contributed by atoms with Crippen molar-refractivity contribution in [3.8, 4) is 0 Å². The molecule has 1 heterocycles. The molecule has 0 aliphatic carbocycles. The molecule has 0 N–H and O–H groups in total. The maximum atomic E-state index is 6.10. The first-order valence-corrected chi connectivity index (χ1v) is 8.51. The molecule has 0 aliphatic rings. The van der Waals surface area contributed by atoms with Gasteiger partial charge in [0.1, 0.15) is 0 Å². The molecule has 17 heavy (non-hydrogen) atoms. The molecule has 1 unspecified atom stereocenters. The van der Waals surface area contributed by atoms with Crippen LogP contribution in [0.4, 0.5) is 0 Å². The van der Waals surface area contributed by atoms with Crippen LogP contribution >= 0.6 is 6.19 Å². The molecule has 2 aromatic rings. The highest BCUT2D eigenvalue weighted by Gasteiger charge is 2.34. The molecule has 0 amide bonds. The van der Waals surface area contributed by atoms with Gasteiger partial charge in [0.25, 0.3) is 0 Å². The Labute approximate surface area is 109 Å². The fourth-order valence-electron chi connectivity index (χ4n) is 2.01. The first-order valence-electron chi connectivity index (χ1n) is 5.76. The molecule has 0 bridgehead atoms. The van der Waals surface area contributed by atoms with Gasteiger partial charge in [-0.3, -0.25) is 0 Å². The van der Waals surface area contributed by atoms with Crippen molar-refractivity contribution < 1.29 is 0 Å². The molecule has 0 spiro atoms. The van der Waals surface area contributed by atoms with Crippen molar-refractivity contribution in [3.05, 3.63) is 54.9 Å². The standard InChI is InChI=1S/C14H18NPS/c1-14(2,3)16(17,15-11-7-8-12-15)13-9-5-4-6-10-13/h4-12H,1-3H3. The SMILES string of the molecule is CC(C)(C)P(=S)(c1ccccc1)n1cccc1. The van der Waals surface area contributed by atoms with E-state index in [4.69, 9.17) is 11.8 Å². The molecule has 1 atom stereocenters. The molecule has 0 fully saturated rings. The lowest BCUT2D eigenvalue weighted by molar-refractivity contribution is 0.776. The Morgan fingerprint density at radius 1 is 0.941 bits per heavy atom. The van der Waals surface area contributed by atoms with Crippen LogP contribution in [0.5, 0.6) is 0 Å². The Kier molecular flexibility index (Phi) is 3.29. The third kappa shape index (κ3) is 2.12. The van der Waals surface area contributed by atoms with Crippen LogP contribution in [0.2, 0.25) is 0 Å². The Balaban J connectivity index is 2.66. The number of benzene rings is 1. The van der Waals surface area contributed by atoms with E-state index in [0.717, 1.165) is 0 Å². The van der Waals surface area contributed by atoms with E-state index in [2.05, 4.69) is 73.9 Å². The molecule has 1 nitrogen and oxygen atoms in total. The lowest BCUT2D eigenvalue weighted by Crippen LogP contribution is -2.26. The minimum Gasteiger partial charge on any atom is -0.322 e. The summed E-state index contributed by atoms with van der Waals surface area (Å²) in [7, 11) is 0. The van der Waals surface area contributed by atoms with E-state index in [1.165, 1.54) is 5.30 Å². The van der Waals surface area contributed by atoms with Crippen LogP contribution < -0.4 is 5.30 Å². The van der Waals surface area contributed by atoms with E-state index in [1.807, 2.05) is 6.07 Å². The lowest BCUT2D eigenvalue weighted by Gasteiger charge is -2.36. The van der Waals surface area contributed by atoms with Crippen LogP contribution in [0.1, 0.15) is 20.8 Å². The van der Waals surface area contributed by atoms with E-state index in [0.29, 0.717) is 0 Å². The van der Waals surface area contributed by atoms with Crippen LogP contribution in [0, 0.1) is 0 Å². The summed E-state index contributed by atoms with van der Waals surface area (Å²) in [6.07, 6.45) is 2.38. The molecular formula is C14H18NPS. The first kappa shape index (κ1) is 12.6. The molecular weight excluding hydrogens is 245 g/mol. The summed E-state index contributed by atoms with van der Waals surface area (Å²) in [6, 6.07) is 14.6. The minimum absolute atomic E-state index is 0.0721. The van der Waals surface area contributed by atoms with Crippen LogP contribution in [0.15, 0.2) is 54.9 Å². The second kappa shape index (κ2) is 4.44. The Morgan fingerprint density at radius 3 is 1.94 bits per heavy atom. The molecule has 2 rings (SSSR count). The molecule has 1 aromatic carbocycles. The van der Waals surface area contributed by atoms with Gasteiger partial charge in [-0.1, -0.05) is 62.9 Å². The zero-order valence-corrected chi connectivity index (χ0v) is 12.2. The molecule has 3 heteroatoms. The van der Waals surface area contributed by atoms with Gasteiger partial charge < -0.3 is 4.34 Å². The Morgan fingerprint density at radius 2 is 1.47 bits per heavy atom. The maximum Gasteiger partial charge on any atom is 0.0732 e. The third-order valence-corrected chi connectivity index (χ3v) is 9.50. The van der Waals surface area contributed by atoms with Crippen LogP contribution in [0.25, 0.3) is 0 Å². The predicted molar refractivity (Wildman–Crippen MR) is 79.9 cm³/mol. The summed E-state index contributed by atoms with van der Waals surface area (Å²) in [4.78, 5) is 0. The Bertz CT molecular complexity index is 523. The van der Waals surface area contributed by atoms with Crippen molar-refractivity contribution in [1.82, 2.24) is 4.34 Å². The van der Waals surface area contributed by atoms with Crippen LogP contribution in [-0.2, 0) is 11.8 Å². The molecule has 90 valence electrons. The fourth-order valence-corrected chi connectivity index (χ4v) is 5.54. The number of aromatic nitrogens is 1. The molecule has 1 aromatic heterocycles. The summed E-state index contributed by atoms with van der Waals surface area (Å²) in [6.45, 7) is 6.71. The molecule has 0 radical (unpaired) electrons. The first-order chi connectivity index (χ1) is 7.96. The van der Waals surface area contributed by atoms with Gasteiger partial charge in [-0.05, 0) is 12.1 Å². The van der Waals surface area contributed by atoms with Gasteiger partial charge in [-0.2, -0.15) is 0 Å². The molecule has 0 saturated heterocycles. The highest BCUT2D eigenvalue weighted by atomic mass is 32.4. The smallest absolute Gasteiger partial charge is 0.0732 e. The lowest BCUT2D eigenvalue weighted by atomic mass is 10.3. The summed E-state index contributed by atoms with van der Waals surface area (Å²) >= 11 is 6.10. The quantitative estimate of drug-likeness (QED) is 0.745. The van der Waals surface area contributed by atoms with Crippen molar-refractivity contribution in [1.29, 1.82) is 0 Å². The van der Waals surface area contributed by atoms with Crippen molar-refractivity contribution in [2.45, 2.75) is 25.9 Å². The average molecular weight is 263 g/mol. The second-order valence-corrected chi connectivity index (χ2v) is 10.2. The normalized spacial score (nSPS) is 15.5. The van der Waals surface area contributed by atoms with E-state index in [9.17, 15) is 0 Å². The maximum absolute atomic E-state index is 6.10. The summed E-state index contributed by atoms with van der Waals surface area (Å²) in [5.41, 5.74) is 0. The van der Waals surface area contributed by atoms with Gasteiger partial charge in [-0.15, -0.1) is 0 Å². The highest BCUT2D eigenvalue weighted by molar-refractivity contribution is 8.18. The van der Waals surface area contributed by atoms with Crippen molar-refractivity contribution in [3.63, 3.8) is 0 Å². The van der Waals surface area contributed by atoms with E-state index in [1.54, 1.807) is 0 Å². The van der Waals surface area contributed by atoms with Gasteiger partial charge in [0.15, 0.2) is 0 Å². The number of hydrogen-bond donors (Lipinski definition) is 0. The van der Waals surface area contributed by atoms with Crippen molar-refractivity contribution in [2.24, 2.45) is 0 Å². The van der Waals surface area contributed by atoms with Crippen LogP contribution in [0.3, 0.4) is 0 Å². The third-order valence-electron chi connectivity index (χ3n) is 2.93. The fraction of sp³-hybridized carbons (Fsp3) is 0.286. The van der Waals surface area contributed by atoms with Gasteiger partial charge >= 0.3 is 0 Å². The van der Waals surface area contributed by atoms with Gasteiger partial charge in [0.2, 0.25) is 0 Å². The highest BCUT2D eigenvalue weighted by Crippen LogP contribution is 2.57. The van der Waals surface area contributed by atoms with E-state index in [-0.39, 0.29) is 5.16 Å². The zero-order chi connectivity index (χ0) is 12.5. The monoisotopic (exact) mass is 263 g/mol. The van der Waals surface area contributed by atoms with Crippen molar-refractivity contribution >= 4 is 23.3 Å². The minimum atomic E-state index is -1.81. The number of hydrogen-bond acceptors (Lipinski definition) is 1. The average Bonchev–Trinajstić information content (AvgIpc) is 2.81. The number of nitrogens with zero attached hydrogens (tertiary/aromatic N) is 1.